The van der Waals surface area contributed by atoms with Gasteiger partial charge >= 0.3 is 0 Å². The highest BCUT2D eigenvalue weighted by atomic mass is 32.2. The van der Waals surface area contributed by atoms with E-state index >= 15 is 0 Å². The van der Waals surface area contributed by atoms with Crippen LogP contribution in [0.25, 0.3) is 0 Å². The van der Waals surface area contributed by atoms with Gasteiger partial charge in [0.1, 0.15) is 11.6 Å². The van der Waals surface area contributed by atoms with Crippen molar-refractivity contribution >= 4 is 15.8 Å². The predicted molar refractivity (Wildman–Crippen MR) is 85.9 cm³/mol. The number of rotatable bonds is 6. The molecule has 0 amide bonds. The second-order valence-corrected chi connectivity index (χ2v) is 6.64. The number of hydrogen-bond acceptors (Lipinski definition) is 5. The van der Waals surface area contributed by atoms with Gasteiger partial charge in [0.05, 0.1) is 4.90 Å². The van der Waals surface area contributed by atoms with Gasteiger partial charge in [-0.1, -0.05) is 25.5 Å². The quantitative estimate of drug-likeness (QED) is 0.848. The molecule has 2 rings (SSSR count). The van der Waals surface area contributed by atoms with Gasteiger partial charge in [-0.3, -0.25) is 0 Å². The summed E-state index contributed by atoms with van der Waals surface area (Å²) in [4.78, 5) is 8.76. The smallest absolute Gasteiger partial charge is 0.238 e. The maximum atomic E-state index is 11.2. The van der Waals surface area contributed by atoms with E-state index in [2.05, 4.69) is 22.2 Å². The molecule has 0 aliphatic rings. The Morgan fingerprint density at radius 2 is 1.91 bits per heavy atom. The Labute approximate surface area is 130 Å². The van der Waals surface area contributed by atoms with Gasteiger partial charge in [0.25, 0.3) is 0 Å². The average Bonchev–Trinajstić information content (AvgIpc) is 2.47. The van der Waals surface area contributed by atoms with Crippen LogP contribution in [0.3, 0.4) is 0 Å². The van der Waals surface area contributed by atoms with Crippen LogP contribution in [0, 0.1) is 6.92 Å². The standard InChI is InChI=1S/C15H20N4O2S/c1-3-4-13-10-17-11(2)19-15(13)18-9-12-5-7-14(8-6-12)22(16,20)21/h5-8,10H,3-4,9H2,1-2H3,(H2,16,20,21)(H,17,18,19). The number of nitrogens with two attached hydrogens (primary N) is 1. The zero-order valence-corrected chi connectivity index (χ0v) is 13.5. The van der Waals surface area contributed by atoms with Crippen LogP contribution in [-0.4, -0.2) is 18.4 Å². The molecule has 0 radical (unpaired) electrons. The normalized spacial score (nSPS) is 11.4. The fourth-order valence-electron chi connectivity index (χ4n) is 2.08. The Bertz CT molecular complexity index is 743. The predicted octanol–water partition coefficient (Wildman–Crippen LogP) is 2.00. The maximum absolute atomic E-state index is 11.2. The van der Waals surface area contributed by atoms with Crippen molar-refractivity contribution in [1.29, 1.82) is 0 Å². The highest BCUT2D eigenvalue weighted by Gasteiger charge is 2.08. The molecule has 0 saturated heterocycles. The minimum absolute atomic E-state index is 0.112. The second-order valence-electron chi connectivity index (χ2n) is 5.08. The van der Waals surface area contributed by atoms with Crippen molar-refractivity contribution in [1.82, 2.24) is 9.97 Å². The lowest BCUT2D eigenvalue weighted by Gasteiger charge is -2.11. The minimum Gasteiger partial charge on any atom is -0.366 e. The lowest BCUT2D eigenvalue weighted by atomic mass is 10.1. The first-order valence-corrected chi connectivity index (χ1v) is 8.63. The first kappa shape index (κ1) is 16.4. The van der Waals surface area contributed by atoms with Crippen molar-refractivity contribution in [2.75, 3.05) is 5.32 Å². The molecule has 0 aliphatic carbocycles. The van der Waals surface area contributed by atoms with Gasteiger partial charge in [-0.25, -0.2) is 23.5 Å². The first-order chi connectivity index (χ1) is 10.4. The van der Waals surface area contributed by atoms with Crippen LogP contribution in [0.5, 0.6) is 0 Å². The minimum atomic E-state index is -3.65. The summed E-state index contributed by atoms with van der Waals surface area (Å²) in [5.74, 6) is 1.54. The van der Waals surface area contributed by atoms with E-state index in [9.17, 15) is 8.42 Å². The summed E-state index contributed by atoms with van der Waals surface area (Å²) in [6.07, 6.45) is 3.77. The largest absolute Gasteiger partial charge is 0.366 e. The molecule has 0 bridgehead atoms. The van der Waals surface area contributed by atoms with Gasteiger partial charge in [-0.2, -0.15) is 0 Å². The molecule has 7 heteroatoms. The molecule has 0 spiro atoms. The number of benzene rings is 1. The molecule has 0 saturated carbocycles. The number of aromatic nitrogens is 2. The van der Waals surface area contributed by atoms with E-state index in [0.717, 1.165) is 29.8 Å². The fourth-order valence-corrected chi connectivity index (χ4v) is 2.60. The number of nitrogens with zero attached hydrogens (tertiary/aromatic N) is 2. The first-order valence-electron chi connectivity index (χ1n) is 7.08. The summed E-state index contributed by atoms with van der Waals surface area (Å²) in [7, 11) is -3.65. The molecule has 0 fully saturated rings. The van der Waals surface area contributed by atoms with E-state index in [-0.39, 0.29) is 4.90 Å². The molecule has 22 heavy (non-hydrogen) atoms. The Hall–Kier alpha value is -1.99. The van der Waals surface area contributed by atoms with Gasteiger partial charge in [-0.05, 0) is 31.0 Å². The van der Waals surface area contributed by atoms with Crippen LogP contribution in [0.1, 0.15) is 30.3 Å². The number of aryl methyl sites for hydroxylation is 2. The number of hydrogen-bond donors (Lipinski definition) is 2. The van der Waals surface area contributed by atoms with Crippen LogP contribution in [0.15, 0.2) is 35.4 Å². The molecule has 1 aromatic heterocycles. The van der Waals surface area contributed by atoms with Crippen LogP contribution in [0.4, 0.5) is 5.82 Å². The number of sulfonamides is 1. The summed E-state index contributed by atoms with van der Waals surface area (Å²) in [5.41, 5.74) is 2.03. The lowest BCUT2D eigenvalue weighted by Crippen LogP contribution is -2.12. The Morgan fingerprint density at radius 3 is 2.50 bits per heavy atom. The third-order valence-electron chi connectivity index (χ3n) is 3.22. The van der Waals surface area contributed by atoms with E-state index in [1.165, 1.54) is 12.1 Å². The third-order valence-corrected chi connectivity index (χ3v) is 4.15. The summed E-state index contributed by atoms with van der Waals surface area (Å²) in [6, 6.07) is 6.48. The van der Waals surface area contributed by atoms with E-state index in [1.807, 2.05) is 13.1 Å². The van der Waals surface area contributed by atoms with E-state index in [1.54, 1.807) is 12.1 Å². The third kappa shape index (κ3) is 4.25. The molecule has 2 aromatic rings. The summed E-state index contributed by atoms with van der Waals surface area (Å²) in [6.45, 7) is 4.51. The van der Waals surface area contributed by atoms with Crippen molar-refractivity contribution < 1.29 is 8.42 Å². The maximum Gasteiger partial charge on any atom is 0.238 e. The zero-order valence-electron chi connectivity index (χ0n) is 12.7. The molecule has 1 heterocycles. The molecule has 1 aromatic carbocycles. The fraction of sp³-hybridized carbons (Fsp3) is 0.333. The molecule has 3 N–H and O–H groups in total. The molecule has 0 atom stereocenters. The van der Waals surface area contributed by atoms with Crippen LogP contribution >= 0.6 is 0 Å². The Morgan fingerprint density at radius 1 is 1.23 bits per heavy atom. The van der Waals surface area contributed by atoms with Gasteiger partial charge in [0.15, 0.2) is 0 Å². The van der Waals surface area contributed by atoms with E-state index < -0.39 is 10.0 Å². The summed E-state index contributed by atoms with van der Waals surface area (Å²) >= 11 is 0. The van der Waals surface area contributed by atoms with E-state index in [0.29, 0.717) is 12.4 Å². The summed E-state index contributed by atoms with van der Waals surface area (Å²) in [5, 5.41) is 8.36. The Balaban J connectivity index is 2.11. The van der Waals surface area contributed by atoms with Crippen molar-refractivity contribution in [2.24, 2.45) is 5.14 Å². The van der Waals surface area contributed by atoms with Crippen molar-refractivity contribution in [3.05, 3.63) is 47.4 Å². The average molecular weight is 320 g/mol. The molecule has 0 aliphatic heterocycles. The topological polar surface area (TPSA) is 98.0 Å². The lowest BCUT2D eigenvalue weighted by molar-refractivity contribution is 0.598. The molecular weight excluding hydrogens is 300 g/mol. The molecule has 6 nitrogen and oxygen atoms in total. The van der Waals surface area contributed by atoms with Crippen molar-refractivity contribution in [3.63, 3.8) is 0 Å². The number of nitrogens with one attached hydrogen (secondary N) is 1. The van der Waals surface area contributed by atoms with Crippen LogP contribution < -0.4 is 10.5 Å². The highest BCUT2D eigenvalue weighted by Crippen LogP contribution is 2.16. The van der Waals surface area contributed by atoms with Crippen molar-refractivity contribution in [3.8, 4) is 0 Å². The van der Waals surface area contributed by atoms with Gasteiger partial charge in [0.2, 0.25) is 10.0 Å². The summed E-state index contributed by atoms with van der Waals surface area (Å²) < 4.78 is 22.4. The molecular formula is C15H20N4O2S. The van der Waals surface area contributed by atoms with Crippen molar-refractivity contribution in [2.45, 2.75) is 38.1 Å². The zero-order chi connectivity index (χ0) is 16.2. The number of primary sulfonamides is 1. The van der Waals surface area contributed by atoms with E-state index in [4.69, 9.17) is 5.14 Å². The molecule has 0 unspecified atom stereocenters. The van der Waals surface area contributed by atoms with Gasteiger partial charge in [0, 0.05) is 18.3 Å². The highest BCUT2D eigenvalue weighted by molar-refractivity contribution is 7.89. The van der Waals surface area contributed by atoms with Crippen LogP contribution in [0.2, 0.25) is 0 Å². The van der Waals surface area contributed by atoms with Crippen LogP contribution in [-0.2, 0) is 23.0 Å². The SMILES string of the molecule is CCCc1cnc(C)nc1NCc1ccc(S(N)(=O)=O)cc1. The van der Waals surface area contributed by atoms with Gasteiger partial charge in [-0.15, -0.1) is 0 Å². The number of anilines is 1. The van der Waals surface area contributed by atoms with Gasteiger partial charge < -0.3 is 5.32 Å². The molecule has 118 valence electrons. The second kappa shape index (κ2) is 6.85. The monoisotopic (exact) mass is 320 g/mol. The Kier molecular flexibility index (Phi) is 5.10.